The summed E-state index contributed by atoms with van der Waals surface area (Å²) in [5, 5.41) is 0. The van der Waals surface area contributed by atoms with Crippen molar-refractivity contribution in [2.24, 2.45) is 11.8 Å². The van der Waals surface area contributed by atoms with Gasteiger partial charge in [-0.1, -0.05) is 33.6 Å². The zero-order valence-electron chi connectivity index (χ0n) is 7.91. The van der Waals surface area contributed by atoms with Crippen LogP contribution in [0.2, 0.25) is 0 Å². The molecule has 0 nitrogen and oxygen atoms in total. The van der Waals surface area contributed by atoms with E-state index in [0.717, 1.165) is 6.42 Å². The van der Waals surface area contributed by atoms with E-state index in [2.05, 4.69) is 0 Å². The van der Waals surface area contributed by atoms with Crippen molar-refractivity contribution >= 4 is 0 Å². The fourth-order valence-corrected chi connectivity index (χ4v) is 1.30. The summed E-state index contributed by atoms with van der Waals surface area (Å²) in [5.41, 5.74) is 0. The quantitative estimate of drug-likeness (QED) is 0.616. The van der Waals surface area contributed by atoms with Gasteiger partial charge in [0.1, 0.15) is 0 Å². The van der Waals surface area contributed by atoms with Crippen LogP contribution in [-0.2, 0) is 0 Å². The van der Waals surface area contributed by atoms with E-state index >= 15 is 0 Å². The molecule has 0 saturated carbocycles. The first-order valence-corrected chi connectivity index (χ1v) is 4.46. The van der Waals surface area contributed by atoms with Crippen LogP contribution in [0.1, 0.15) is 40.0 Å². The standard InChI is InChI=1S/C9H17F3/c1-4-5-6-8(7(2)3)9(10,11)12/h7-8H,4-6H2,1-3H3. The molecule has 0 radical (unpaired) electrons. The van der Waals surface area contributed by atoms with E-state index in [9.17, 15) is 13.2 Å². The van der Waals surface area contributed by atoms with Crippen LogP contribution >= 0.6 is 0 Å². The Bertz CT molecular complexity index is 115. The molecule has 0 amide bonds. The van der Waals surface area contributed by atoms with Gasteiger partial charge in [0.05, 0.1) is 5.92 Å². The van der Waals surface area contributed by atoms with Crippen LogP contribution in [0.5, 0.6) is 0 Å². The van der Waals surface area contributed by atoms with Gasteiger partial charge < -0.3 is 0 Å². The summed E-state index contributed by atoms with van der Waals surface area (Å²) < 4.78 is 36.9. The van der Waals surface area contributed by atoms with Gasteiger partial charge in [-0.25, -0.2) is 0 Å². The molecule has 0 heterocycles. The fourth-order valence-electron chi connectivity index (χ4n) is 1.30. The van der Waals surface area contributed by atoms with Crippen LogP contribution in [0.15, 0.2) is 0 Å². The zero-order chi connectivity index (χ0) is 9.78. The molecule has 12 heavy (non-hydrogen) atoms. The molecule has 0 bridgehead atoms. The molecule has 0 aliphatic rings. The highest BCUT2D eigenvalue weighted by molar-refractivity contribution is 4.70. The Labute approximate surface area is 72.2 Å². The highest BCUT2D eigenvalue weighted by Gasteiger charge is 2.40. The van der Waals surface area contributed by atoms with Crippen molar-refractivity contribution in [2.75, 3.05) is 0 Å². The number of rotatable bonds is 4. The van der Waals surface area contributed by atoms with Crippen LogP contribution in [-0.4, -0.2) is 6.18 Å². The molecule has 0 aliphatic heterocycles. The molecule has 1 unspecified atom stereocenters. The predicted molar refractivity (Wildman–Crippen MR) is 43.9 cm³/mol. The number of hydrogen-bond acceptors (Lipinski definition) is 0. The van der Waals surface area contributed by atoms with Crippen molar-refractivity contribution in [1.29, 1.82) is 0 Å². The topological polar surface area (TPSA) is 0 Å². The van der Waals surface area contributed by atoms with Crippen molar-refractivity contribution in [3.05, 3.63) is 0 Å². The molecule has 0 aromatic carbocycles. The van der Waals surface area contributed by atoms with Crippen molar-refractivity contribution in [3.8, 4) is 0 Å². The van der Waals surface area contributed by atoms with Gasteiger partial charge in [0.15, 0.2) is 0 Å². The van der Waals surface area contributed by atoms with E-state index < -0.39 is 12.1 Å². The SMILES string of the molecule is CCCCC(C(C)C)C(F)(F)F. The number of hydrogen-bond donors (Lipinski definition) is 0. The third-order valence-corrected chi connectivity index (χ3v) is 2.09. The smallest absolute Gasteiger partial charge is 0.171 e. The van der Waals surface area contributed by atoms with E-state index in [0.29, 0.717) is 6.42 Å². The molecule has 0 rings (SSSR count). The van der Waals surface area contributed by atoms with E-state index in [-0.39, 0.29) is 12.3 Å². The van der Waals surface area contributed by atoms with Gasteiger partial charge in [0.2, 0.25) is 0 Å². The lowest BCUT2D eigenvalue weighted by Gasteiger charge is -2.23. The molecule has 0 fully saturated rings. The lowest BCUT2D eigenvalue weighted by Crippen LogP contribution is -2.27. The van der Waals surface area contributed by atoms with Gasteiger partial charge in [-0.15, -0.1) is 0 Å². The summed E-state index contributed by atoms with van der Waals surface area (Å²) in [6.07, 6.45) is -2.23. The first-order valence-electron chi connectivity index (χ1n) is 4.46. The Morgan fingerprint density at radius 3 is 1.92 bits per heavy atom. The number of halogens is 3. The monoisotopic (exact) mass is 182 g/mol. The van der Waals surface area contributed by atoms with Gasteiger partial charge >= 0.3 is 6.18 Å². The summed E-state index contributed by atoms with van der Waals surface area (Å²) in [7, 11) is 0. The maximum atomic E-state index is 12.3. The molecule has 0 aromatic rings. The predicted octanol–water partition coefficient (Wildman–Crippen LogP) is 4.01. The maximum absolute atomic E-state index is 12.3. The van der Waals surface area contributed by atoms with E-state index in [4.69, 9.17) is 0 Å². The van der Waals surface area contributed by atoms with Crippen molar-refractivity contribution < 1.29 is 13.2 Å². The highest BCUT2D eigenvalue weighted by Crippen LogP contribution is 2.35. The van der Waals surface area contributed by atoms with E-state index in [1.165, 1.54) is 0 Å². The first-order chi connectivity index (χ1) is 5.39. The van der Waals surface area contributed by atoms with Crippen LogP contribution in [0, 0.1) is 11.8 Å². The molecule has 0 N–H and O–H groups in total. The van der Waals surface area contributed by atoms with Gasteiger partial charge in [-0.3, -0.25) is 0 Å². The second-order valence-electron chi connectivity index (χ2n) is 3.53. The van der Waals surface area contributed by atoms with Crippen LogP contribution in [0.4, 0.5) is 13.2 Å². The third kappa shape index (κ3) is 3.98. The van der Waals surface area contributed by atoms with Crippen LogP contribution < -0.4 is 0 Å². The Kier molecular flexibility index (Phi) is 4.64. The number of alkyl halides is 3. The molecule has 0 aliphatic carbocycles. The van der Waals surface area contributed by atoms with Crippen LogP contribution in [0.3, 0.4) is 0 Å². The highest BCUT2D eigenvalue weighted by atomic mass is 19.4. The molecule has 0 spiro atoms. The molecular formula is C9H17F3. The van der Waals surface area contributed by atoms with E-state index in [1.54, 1.807) is 13.8 Å². The average molecular weight is 182 g/mol. The normalized spacial score (nSPS) is 15.2. The van der Waals surface area contributed by atoms with Gasteiger partial charge in [0, 0.05) is 0 Å². The molecule has 3 heteroatoms. The van der Waals surface area contributed by atoms with Gasteiger partial charge in [-0.2, -0.15) is 13.2 Å². The Balaban J connectivity index is 4.05. The Morgan fingerprint density at radius 1 is 1.17 bits per heavy atom. The fraction of sp³-hybridized carbons (Fsp3) is 1.00. The second-order valence-corrected chi connectivity index (χ2v) is 3.53. The van der Waals surface area contributed by atoms with Crippen molar-refractivity contribution in [1.82, 2.24) is 0 Å². The molecule has 0 saturated heterocycles. The third-order valence-electron chi connectivity index (χ3n) is 2.09. The molecule has 0 aromatic heterocycles. The lowest BCUT2D eigenvalue weighted by atomic mass is 9.90. The molecule has 74 valence electrons. The Morgan fingerprint density at radius 2 is 1.67 bits per heavy atom. The summed E-state index contributed by atoms with van der Waals surface area (Å²) in [5.74, 6) is -1.41. The minimum absolute atomic E-state index is 0.275. The summed E-state index contributed by atoms with van der Waals surface area (Å²) >= 11 is 0. The minimum atomic E-state index is -4.01. The lowest BCUT2D eigenvalue weighted by molar-refractivity contribution is -0.187. The van der Waals surface area contributed by atoms with Crippen LogP contribution in [0.25, 0.3) is 0 Å². The largest absolute Gasteiger partial charge is 0.392 e. The van der Waals surface area contributed by atoms with Crippen molar-refractivity contribution in [2.45, 2.75) is 46.2 Å². The Hall–Kier alpha value is -0.210. The summed E-state index contributed by atoms with van der Waals surface area (Å²) in [4.78, 5) is 0. The van der Waals surface area contributed by atoms with Gasteiger partial charge in [0.25, 0.3) is 0 Å². The van der Waals surface area contributed by atoms with E-state index in [1.807, 2.05) is 6.92 Å². The second kappa shape index (κ2) is 4.73. The van der Waals surface area contributed by atoms with Crippen molar-refractivity contribution in [3.63, 3.8) is 0 Å². The summed E-state index contributed by atoms with van der Waals surface area (Å²) in [6.45, 7) is 5.18. The molecular weight excluding hydrogens is 165 g/mol. The minimum Gasteiger partial charge on any atom is -0.171 e. The zero-order valence-corrected chi connectivity index (χ0v) is 7.91. The number of unbranched alkanes of at least 4 members (excludes halogenated alkanes) is 1. The first kappa shape index (κ1) is 11.8. The maximum Gasteiger partial charge on any atom is 0.392 e. The van der Waals surface area contributed by atoms with Gasteiger partial charge in [-0.05, 0) is 12.3 Å². The molecule has 1 atom stereocenters. The average Bonchev–Trinajstić information content (AvgIpc) is 1.84. The summed E-state index contributed by atoms with van der Waals surface area (Å²) in [6, 6.07) is 0.